The number of hydrogen-bond donors (Lipinski definition) is 2. The van der Waals surface area contributed by atoms with Crippen molar-refractivity contribution in [1.82, 2.24) is 5.43 Å². The van der Waals surface area contributed by atoms with Gasteiger partial charge in [-0.05, 0) is 29.8 Å². The van der Waals surface area contributed by atoms with Gasteiger partial charge in [0, 0.05) is 4.47 Å². The van der Waals surface area contributed by atoms with Crippen LogP contribution in [-0.2, 0) is 9.59 Å². The first-order valence-corrected chi connectivity index (χ1v) is 7.86. The maximum atomic E-state index is 11.8. The molecule has 5 nitrogen and oxygen atoms in total. The highest BCUT2D eigenvalue weighted by atomic mass is 79.9. The molecule has 0 unspecified atom stereocenters. The van der Waals surface area contributed by atoms with Crippen molar-refractivity contribution in [2.45, 2.75) is 0 Å². The minimum absolute atomic E-state index is 0.160. The fourth-order valence-electron chi connectivity index (χ4n) is 1.58. The lowest BCUT2D eigenvalue weighted by atomic mass is 10.2. The second kappa shape index (κ2) is 8.10. The van der Waals surface area contributed by atoms with Gasteiger partial charge in [-0.15, -0.1) is 0 Å². The van der Waals surface area contributed by atoms with Crippen molar-refractivity contribution < 1.29 is 9.59 Å². The summed E-state index contributed by atoms with van der Waals surface area (Å²) in [5, 5.41) is 6.52. The lowest BCUT2D eigenvalue weighted by Gasteiger charge is -2.06. The summed E-state index contributed by atoms with van der Waals surface area (Å²) in [6, 6.07) is 12.0. The zero-order valence-electron chi connectivity index (χ0n) is 11.5. The van der Waals surface area contributed by atoms with Crippen molar-refractivity contribution >= 4 is 62.8 Å². The number of hydrazone groups is 1. The second-order valence-electron chi connectivity index (χ2n) is 4.31. The summed E-state index contributed by atoms with van der Waals surface area (Å²) in [7, 11) is 0. The first-order valence-electron chi connectivity index (χ1n) is 6.31. The van der Waals surface area contributed by atoms with E-state index in [1.54, 1.807) is 18.2 Å². The van der Waals surface area contributed by atoms with Crippen molar-refractivity contribution in [1.29, 1.82) is 0 Å². The molecule has 0 heterocycles. The number of carbonyl (C=O) groups is 2. The fourth-order valence-corrected chi connectivity index (χ4v) is 2.35. The van der Waals surface area contributed by atoms with Gasteiger partial charge in [0.05, 0.1) is 21.9 Å². The largest absolute Gasteiger partial charge is 0.329 e. The van der Waals surface area contributed by atoms with Crippen molar-refractivity contribution in [3.8, 4) is 0 Å². The first-order chi connectivity index (χ1) is 11.0. The molecule has 0 saturated carbocycles. The minimum atomic E-state index is -0.924. The molecular formula is C15H10BrCl2N3O2. The van der Waals surface area contributed by atoms with Gasteiger partial charge in [-0.25, -0.2) is 5.43 Å². The van der Waals surface area contributed by atoms with E-state index in [9.17, 15) is 9.59 Å². The number of nitrogens with zero attached hydrogens (tertiary/aromatic N) is 1. The molecule has 2 aromatic carbocycles. The van der Waals surface area contributed by atoms with Gasteiger partial charge >= 0.3 is 11.8 Å². The van der Waals surface area contributed by atoms with E-state index in [4.69, 9.17) is 23.2 Å². The Hall–Kier alpha value is -1.89. The van der Waals surface area contributed by atoms with Crippen LogP contribution < -0.4 is 10.7 Å². The monoisotopic (exact) mass is 413 g/mol. The van der Waals surface area contributed by atoms with Crippen LogP contribution in [0.15, 0.2) is 52.0 Å². The molecule has 2 aromatic rings. The summed E-state index contributed by atoms with van der Waals surface area (Å²) in [5.74, 6) is -1.83. The molecule has 8 heteroatoms. The quantitative estimate of drug-likeness (QED) is 0.455. The number of amides is 2. The SMILES string of the molecule is O=C(N/N=C\c1cccc(Br)c1)C(=O)Nc1cccc(Cl)c1Cl. The van der Waals surface area contributed by atoms with Gasteiger partial charge in [-0.2, -0.15) is 5.10 Å². The van der Waals surface area contributed by atoms with Gasteiger partial charge < -0.3 is 5.32 Å². The number of hydrogen-bond acceptors (Lipinski definition) is 3. The Morgan fingerprint density at radius 2 is 1.83 bits per heavy atom. The molecule has 118 valence electrons. The molecule has 0 aliphatic heterocycles. The third kappa shape index (κ3) is 5.06. The summed E-state index contributed by atoms with van der Waals surface area (Å²) in [6.07, 6.45) is 1.42. The number of rotatable bonds is 3. The summed E-state index contributed by atoms with van der Waals surface area (Å²) >= 11 is 15.1. The van der Waals surface area contributed by atoms with E-state index in [0.29, 0.717) is 0 Å². The van der Waals surface area contributed by atoms with Crippen LogP contribution in [0.3, 0.4) is 0 Å². The molecule has 0 atom stereocenters. The topological polar surface area (TPSA) is 70.6 Å². The van der Waals surface area contributed by atoms with Crippen LogP contribution in [0.25, 0.3) is 0 Å². The first kappa shape index (κ1) is 17.5. The van der Waals surface area contributed by atoms with E-state index in [-0.39, 0.29) is 15.7 Å². The predicted molar refractivity (Wildman–Crippen MR) is 95.0 cm³/mol. The number of nitrogens with one attached hydrogen (secondary N) is 2. The minimum Gasteiger partial charge on any atom is -0.316 e. The Labute approximate surface area is 150 Å². The van der Waals surface area contributed by atoms with Crippen LogP contribution >= 0.6 is 39.1 Å². The van der Waals surface area contributed by atoms with Gasteiger partial charge in [-0.3, -0.25) is 9.59 Å². The van der Waals surface area contributed by atoms with Gasteiger partial charge in [0.15, 0.2) is 0 Å². The number of halogens is 3. The summed E-state index contributed by atoms with van der Waals surface area (Å²) < 4.78 is 0.876. The fraction of sp³-hybridized carbons (Fsp3) is 0. The smallest absolute Gasteiger partial charge is 0.316 e. The molecule has 0 spiro atoms. The van der Waals surface area contributed by atoms with Crippen molar-refractivity contribution in [3.63, 3.8) is 0 Å². The van der Waals surface area contributed by atoms with E-state index in [1.165, 1.54) is 12.3 Å². The number of carbonyl (C=O) groups excluding carboxylic acids is 2. The van der Waals surface area contributed by atoms with Crippen LogP contribution in [0.4, 0.5) is 5.69 Å². The molecular weight excluding hydrogens is 405 g/mol. The second-order valence-corrected chi connectivity index (χ2v) is 6.01. The van der Waals surface area contributed by atoms with Gasteiger partial charge in [-0.1, -0.05) is 57.3 Å². The third-order valence-electron chi connectivity index (χ3n) is 2.63. The molecule has 2 amide bonds. The van der Waals surface area contributed by atoms with E-state index >= 15 is 0 Å². The Balaban J connectivity index is 1.95. The van der Waals surface area contributed by atoms with Crippen molar-refractivity contribution in [2.75, 3.05) is 5.32 Å². The highest BCUT2D eigenvalue weighted by Crippen LogP contribution is 2.29. The van der Waals surface area contributed by atoms with Crippen LogP contribution in [0.1, 0.15) is 5.56 Å². The van der Waals surface area contributed by atoms with Crippen LogP contribution in [0.5, 0.6) is 0 Å². The summed E-state index contributed by atoms with van der Waals surface area (Å²) in [4.78, 5) is 23.4. The Bertz CT molecular complexity index is 781. The molecule has 0 fully saturated rings. The lowest BCUT2D eigenvalue weighted by Crippen LogP contribution is -2.32. The molecule has 0 bridgehead atoms. The molecule has 0 aliphatic carbocycles. The molecule has 2 N–H and O–H groups in total. The zero-order chi connectivity index (χ0) is 16.8. The van der Waals surface area contributed by atoms with E-state index < -0.39 is 11.8 Å². The third-order valence-corrected chi connectivity index (χ3v) is 3.95. The van der Waals surface area contributed by atoms with Gasteiger partial charge in [0.2, 0.25) is 0 Å². The highest BCUT2D eigenvalue weighted by molar-refractivity contribution is 9.10. The molecule has 0 aromatic heterocycles. The zero-order valence-corrected chi connectivity index (χ0v) is 14.6. The molecule has 23 heavy (non-hydrogen) atoms. The van der Waals surface area contributed by atoms with E-state index in [2.05, 4.69) is 31.8 Å². The van der Waals surface area contributed by atoms with E-state index in [0.717, 1.165) is 10.0 Å². The van der Waals surface area contributed by atoms with Crippen molar-refractivity contribution in [3.05, 3.63) is 62.5 Å². The normalized spacial score (nSPS) is 10.6. The lowest BCUT2D eigenvalue weighted by molar-refractivity contribution is -0.136. The summed E-state index contributed by atoms with van der Waals surface area (Å²) in [5.41, 5.74) is 3.14. The Kier molecular flexibility index (Phi) is 6.15. The average molecular weight is 415 g/mol. The van der Waals surface area contributed by atoms with Crippen LogP contribution in [0.2, 0.25) is 10.0 Å². The number of benzene rings is 2. The average Bonchev–Trinajstić information content (AvgIpc) is 2.51. The Morgan fingerprint density at radius 3 is 2.57 bits per heavy atom. The maximum Gasteiger partial charge on any atom is 0.329 e. The predicted octanol–water partition coefficient (Wildman–Crippen LogP) is 3.84. The number of anilines is 1. The highest BCUT2D eigenvalue weighted by Gasteiger charge is 2.15. The molecule has 0 saturated heterocycles. The Morgan fingerprint density at radius 1 is 1.09 bits per heavy atom. The molecule has 2 rings (SSSR count). The van der Waals surface area contributed by atoms with E-state index in [1.807, 2.05) is 18.2 Å². The molecule has 0 aliphatic rings. The van der Waals surface area contributed by atoms with Gasteiger partial charge in [0.1, 0.15) is 0 Å². The van der Waals surface area contributed by atoms with Crippen LogP contribution in [-0.4, -0.2) is 18.0 Å². The maximum absolute atomic E-state index is 11.8. The van der Waals surface area contributed by atoms with Gasteiger partial charge in [0.25, 0.3) is 0 Å². The summed E-state index contributed by atoms with van der Waals surface area (Å²) in [6.45, 7) is 0. The standard InChI is InChI=1S/C15H10BrCl2N3O2/c16-10-4-1-3-9(7-10)8-19-21-15(23)14(22)20-12-6-2-5-11(17)13(12)18/h1-8H,(H,20,22)(H,21,23)/b19-8-. The van der Waals surface area contributed by atoms with Crippen molar-refractivity contribution in [2.24, 2.45) is 5.10 Å². The molecule has 0 radical (unpaired) electrons. The van der Waals surface area contributed by atoms with Crippen LogP contribution in [0, 0.1) is 0 Å².